The topological polar surface area (TPSA) is 20.7 Å². The fourth-order valence-electron chi connectivity index (χ4n) is 7.89. The lowest BCUT2D eigenvalue weighted by molar-refractivity contribution is 1.19. The molecule has 0 saturated heterocycles. The lowest BCUT2D eigenvalue weighted by Gasteiger charge is -2.12. The zero-order valence-electron chi connectivity index (χ0n) is 31.4. The second kappa shape index (κ2) is 14.8. The molecule has 0 unspecified atom stereocenters. The Balaban J connectivity index is 0.000000179. The van der Waals surface area contributed by atoms with Gasteiger partial charge in [0.1, 0.15) is 0 Å². The summed E-state index contributed by atoms with van der Waals surface area (Å²) in [5.41, 5.74) is 9.96. The molecule has 54 heavy (non-hydrogen) atoms. The van der Waals surface area contributed by atoms with Crippen molar-refractivity contribution in [3.05, 3.63) is 199 Å². The van der Waals surface area contributed by atoms with E-state index in [4.69, 9.17) is 0 Å². The summed E-state index contributed by atoms with van der Waals surface area (Å²) in [5, 5.41) is 12.9. The number of fused-ring (bicyclic) bond motifs is 13. The monoisotopic (exact) mass is 696 g/mol. The number of allylic oxidation sites excluding steroid dienone is 5. The van der Waals surface area contributed by atoms with Gasteiger partial charge in [-0.15, -0.1) is 0 Å². The van der Waals surface area contributed by atoms with Crippen molar-refractivity contribution in [3.8, 4) is 5.69 Å². The summed E-state index contributed by atoms with van der Waals surface area (Å²) in [5.74, 6) is 0. The smallest absolute Gasteiger partial charge is 0.0627 e. The molecule has 2 aromatic heterocycles. The molecule has 0 radical (unpaired) electrons. The van der Waals surface area contributed by atoms with Gasteiger partial charge < -0.3 is 9.55 Å². The van der Waals surface area contributed by atoms with E-state index in [-0.39, 0.29) is 0 Å². The van der Waals surface area contributed by atoms with Gasteiger partial charge in [-0.25, -0.2) is 0 Å². The maximum atomic E-state index is 3.76. The third-order valence-electron chi connectivity index (χ3n) is 10.2. The summed E-state index contributed by atoms with van der Waals surface area (Å²) in [4.78, 5) is 3.76. The number of aryl methyl sites for hydroxylation is 2. The van der Waals surface area contributed by atoms with Crippen LogP contribution in [0, 0.1) is 13.8 Å². The molecule has 1 N–H and O–H groups in total. The van der Waals surface area contributed by atoms with Gasteiger partial charge >= 0.3 is 0 Å². The summed E-state index contributed by atoms with van der Waals surface area (Å²) < 4.78 is 2.49. The Hall–Kier alpha value is -6.64. The van der Waals surface area contributed by atoms with Crippen molar-refractivity contribution in [3.63, 3.8) is 0 Å². The first-order valence-electron chi connectivity index (χ1n) is 18.7. The normalized spacial score (nSPS) is 11.8. The minimum atomic E-state index is 1.18. The number of nitrogens with zero attached hydrogens (tertiary/aromatic N) is 1. The van der Waals surface area contributed by atoms with Gasteiger partial charge in [-0.2, -0.15) is 0 Å². The highest BCUT2D eigenvalue weighted by Gasteiger charge is 2.22. The van der Waals surface area contributed by atoms with Gasteiger partial charge in [0, 0.05) is 48.9 Å². The summed E-state index contributed by atoms with van der Waals surface area (Å²) in [6.45, 7) is 11.9. The molecule has 262 valence electrons. The fourth-order valence-corrected chi connectivity index (χ4v) is 7.89. The largest absolute Gasteiger partial charge is 0.354 e. The van der Waals surface area contributed by atoms with Crippen molar-refractivity contribution >= 4 is 75.9 Å². The summed E-state index contributed by atoms with van der Waals surface area (Å²) in [7, 11) is 0. The van der Waals surface area contributed by atoms with Crippen LogP contribution in [0.4, 0.5) is 0 Å². The molecule has 10 aromatic rings. The molecule has 0 atom stereocenters. The van der Waals surface area contributed by atoms with Crippen molar-refractivity contribution in [2.24, 2.45) is 0 Å². The highest BCUT2D eigenvalue weighted by Crippen LogP contribution is 2.46. The molecular formula is C52H44N2. The van der Waals surface area contributed by atoms with E-state index in [1.807, 2.05) is 32.1 Å². The number of rotatable bonds is 3. The molecule has 0 saturated carbocycles. The fraction of sp³-hybridized carbons (Fsp3) is 0.0769. The Labute approximate surface area is 317 Å². The number of nitrogens with one attached hydrogen (secondary N) is 1. The van der Waals surface area contributed by atoms with Crippen LogP contribution in [0.25, 0.3) is 81.6 Å². The van der Waals surface area contributed by atoms with Gasteiger partial charge in [0.2, 0.25) is 0 Å². The zero-order valence-corrected chi connectivity index (χ0v) is 31.4. The molecule has 0 fully saturated rings. The lowest BCUT2D eigenvalue weighted by Crippen LogP contribution is -1.95. The molecule has 0 aliphatic rings. The molecule has 0 aliphatic heterocycles. The van der Waals surface area contributed by atoms with E-state index >= 15 is 0 Å². The van der Waals surface area contributed by atoms with Crippen molar-refractivity contribution in [1.29, 1.82) is 0 Å². The highest BCUT2D eigenvalue weighted by molar-refractivity contribution is 6.38. The number of aromatic nitrogens is 2. The lowest BCUT2D eigenvalue weighted by atomic mass is 9.98. The maximum absolute atomic E-state index is 3.76. The van der Waals surface area contributed by atoms with Crippen LogP contribution < -0.4 is 0 Å². The molecule has 0 aliphatic carbocycles. The molecule has 10 rings (SSSR count). The summed E-state index contributed by atoms with van der Waals surface area (Å²) >= 11 is 0. The molecule has 0 amide bonds. The minimum Gasteiger partial charge on any atom is -0.354 e. The number of para-hydroxylation sites is 2. The van der Waals surface area contributed by atoms with Crippen LogP contribution in [0.3, 0.4) is 0 Å². The molecule has 0 spiro atoms. The number of aromatic amines is 1. The van der Waals surface area contributed by atoms with E-state index < -0.39 is 0 Å². The van der Waals surface area contributed by atoms with Crippen LogP contribution in [0.5, 0.6) is 0 Å². The second-order valence-electron chi connectivity index (χ2n) is 14.0. The van der Waals surface area contributed by atoms with Gasteiger partial charge in [-0.05, 0) is 62.1 Å². The number of hydrogen-bond acceptors (Lipinski definition) is 0. The van der Waals surface area contributed by atoms with Crippen LogP contribution in [0.2, 0.25) is 0 Å². The SMILES string of the molecule is C=C/C=C(C)\C=C/C.Cc1ccc2c(ccc3c4c5c6ccccc6[nH]c5c5ccccc5c4n(-c4ccccc4)c23)c1.Cc1ccc2ccccc2c1. The third kappa shape index (κ3) is 6.27. The standard InChI is InChI=1S/C33H22N2.C11H10.C8H12/c1-20-15-17-23-21(19-20)16-18-27-30-29-26-13-7-8-14-28(26)34-31(29)24-11-5-6-12-25(24)33(30)35(32(23)27)22-9-3-2-4-10-22;1-9-6-7-10-4-2-3-5-11(10)8-9;1-4-6-8(3)7-5-2/h2-19,34H,1H3;2-8H,1H3;4-7H,1H2,2-3H3/b;;7-5-,8-6-. The van der Waals surface area contributed by atoms with E-state index in [0.29, 0.717) is 0 Å². The van der Waals surface area contributed by atoms with Crippen LogP contribution in [0.1, 0.15) is 25.0 Å². The quantitative estimate of drug-likeness (QED) is 0.178. The van der Waals surface area contributed by atoms with E-state index in [0.717, 1.165) is 0 Å². The average molecular weight is 697 g/mol. The predicted molar refractivity (Wildman–Crippen MR) is 237 cm³/mol. The molecule has 2 nitrogen and oxygen atoms in total. The van der Waals surface area contributed by atoms with E-state index in [9.17, 15) is 0 Å². The highest BCUT2D eigenvalue weighted by atomic mass is 15.0. The third-order valence-corrected chi connectivity index (χ3v) is 10.2. The summed E-state index contributed by atoms with van der Waals surface area (Å²) in [6, 6.07) is 54.7. The minimum absolute atomic E-state index is 1.18. The van der Waals surface area contributed by atoms with Crippen molar-refractivity contribution in [2.45, 2.75) is 27.7 Å². The average Bonchev–Trinajstić information content (AvgIpc) is 3.76. The van der Waals surface area contributed by atoms with E-state index in [1.54, 1.807) is 6.08 Å². The van der Waals surface area contributed by atoms with Gasteiger partial charge in [-0.1, -0.05) is 181 Å². The number of hydrogen-bond donors (Lipinski definition) is 1. The van der Waals surface area contributed by atoms with E-state index in [1.165, 1.54) is 98.3 Å². The van der Waals surface area contributed by atoms with Crippen molar-refractivity contribution in [1.82, 2.24) is 9.55 Å². The Bertz CT molecular complexity index is 3040. The van der Waals surface area contributed by atoms with Crippen LogP contribution in [-0.4, -0.2) is 9.55 Å². The van der Waals surface area contributed by atoms with Crippen molar-refractivity contribution < 1.29 is 0 Å². The molecular weight excluding hydrogens is 653 g/mol. The number of H-pyrrole nitrogens is 1. The van der Waals surface area contributed by atoms with Gasteiger partial charge in [0.15, 0.2) is 0 Å². The first kappa shape index (κ1) is 34.4. The molecule has 2 heterocycles. The molecule has 2 heteroatoms. The number of benzene rings is 8. The Morgan fingerprint density at radius 3 is 1.93 bits per heavy atom. The second-order valence-corrected chi connectivity index (χ2v) is 14.0. The van der Waals surface area contributed by atoms with E-state index in [2.05, 4.69) is 182 Å². The Morgan fingerprint density at radius 1 is 0.556 bits per heavy atom. The van der Waals surface area contributed by atoms with Gasteiger partial charge in [0.05, 0.1) is 16.6 Å². The molecule has 0 bridgehead atoms. The van der Waals surface area contributed by atoms with Gasteiger partial charge in [-0.3, -0.25) is 0 Å². The summed E-state index contributed by atoms with van der Waals surface area (Å²) in [6.07, 6.45) is 7.81. The molecule has 8 aromatic carbocycles. The first-order valence-corrected chi connectivity index (χ1v) is 18.7. The Kier molecular flexibility index (Phi) is 9.42. The van der Waals surface area contributed by atoms with Crippen LogP contribution in [0.15, 0.2) is 188 Å². The van der Waals surface area contributed by atoms with Gasteiger partial charge in [0.25, 0.3) is 0 Å². The van der Waals surface area contributed by atoms with Crippen LogP contribution in [-0.2, 0) is 0 Å². The predicted octanol–water partition coefficient (Wildman–Crippen LogP) is 14.9. The maximum Gasteiger partial charge on any atom is 0.0627 e. The Morgan fingerprint density at radius 2 is 1.17 bits per heavy atom. The van der Waals surface area contributed by atoms with Crippen molar-refractivity contribution in [2.75, 3.05) is 0 Å². The zero-order chi connectivity index (χ0) is 37.2. The first-order chi connectivity index (χ1) is 26.5. The van der Waals surface area contributed by atoms with Crippen LogP contribution >= 0.6 is 0 Å².